The van der Waals surface area contributed by atoms with Gasteiger partial charge in [0.2, 0.25) is 5.96 Å². The molecule has 0 unspecified atom stereocenters. The Labute approximate surface area is 165 Å². The quantitative estimate of drug-likeness (QED) is 0.280. The fourth-order valence-electron chi connectivity index (χ4n) is 2.52. The van der Waals surface area contributed by atoms with Crippen LogP contribution in [0.1, 0.15) is 23.9 Å². The number of non-ortho nitro benzene ring substituents is 1. The van der Waals surface area contributed by atoms with Crippen LogP contribution in [0.25, 0.3) is 16.2 Å². The van der Waals surface area contributed by atoms with E-state index in [0.29, 0.717) is 17.0 Å². The van der Waals surface area contributed by atoms with Crippen LogP contribution in [-0.2, 0) is 6.42 Å². The van der Waals surface area contributed by atoms with E-state index in [4.69, 9.17) is 11.5 Å². The lowest BCUT2D eigenvalue weighted by Crippen LogP contribution is -2.21. The fraction of sp³-hybridized carbons (Fsp3) is 0.188. The molecule has 0 atom stereocenters. The van der Waals surface area contributed by atoms with Crippen molar-refractivity contribution in [2.45, 2.75) is 19.8 Å². The molecule has 9 nitrogen and oxygen atoms in total. The number of aryl methyl sites for hydroxylation is 1. The average molecular weight is 408 g/mol. The molecule has 1 aromatic carbocycles. The zero-order chi connectivity index (χ0) is 18.7. The first-order chi connectivity index (χ1) is 12.5. The Bertz CT molecular complexity index is 1020. The van der Waals surface area contributed by atoms with Gasteiger partial charge in [-0.2, -0.15) is 5.10 Å². The molecule has 0 saturated carbocycles. The highest BCUT2D eigenvalue weighted by Crippen LogP contribution is 2.30. The lowest BCUT2D eigenvalue weighted by atomic mass is 10.1. The molecule has 2 heterocycles. The second kappa shape index (κ2) is 8.60. The third-order valence-electron chi connectivity index (χ3n) is 3.59. The van der Waals surface area contributed by atoms with E-state index >= 15 is 0 Å². The highest BCUT2D eigenvalue weighted by atomic mass is 35.5. The van der Waals surface area contributed by atoms with Crippen molar-refractivity contribution in [3.05, 3.63) is 51.1 Å². The topological polar surface area (TPSA) is 137 Å². The molecule has 0 bridgehead atoms. The van der Waals surface area contributed by atoms with Gasteiger partial charge in [0.15, 0.2) is 4.96 Å². The summed E-state index contributed by atoms with van der Waals surface area (Å²) in [6.07, 6.45) is 5.47. The number of guanidine groups is 1. The summed E-state index contributed by atoms with van der Waals surface area (Å²) in [5, 5.41) is 18.6. The number of nitro benzene ring substituents is 1. The molecule has 0 fully saturated rings. The predicted octanol–water partition coefficient (Wildman–Crippen LogP) is 2.95. The predicted molar refractivity (Wildman–Crippen MR) is 110 cm³/mol. The summed E-state index contributed by atoms with van der Waals surface area (Å²) in [6, 6.07) is 6.32. The minimum atomic E-state index is -0.436. The number of nitrogens with two attached hydrogens (primary N) is 2. The van der Waals surface area contributed by atoms with E-state index < -0.39 is 4.92 Å². The van der Waals surface area contributed by atoms with Crippen molar-refractivity contribution in [1.29, 1.82) is 0 Å². The maximum Gasteiger partial charge on any atom is 0.270 e. The largest absolute Gasteiger partial charge is 0.369 e. The summed E-state index contributed by atoms with van der Waals surface area (Å²) in [6.45, 7) is 2.11. The number of halogens is 1. The van der Waals surface area contributed by atoms with Crippen LogP contribution in [0.4, 0.5) is 5.69 Å². The standard InChI is InChI=1S/C16H17N7O2S.ClH/c1-2-4-12-9-22-13(8-19-21-15(17)18)14(20-16(22)26-12)10-5-3-6-11(7-10)23(24)25;/h3,5-9H,2,4H2,1H3,(H4,17,18,21);1H/b19-8+;. The van der Waals surface area contributed by atoms with Crippen LogP contribution in [0.15, 0.2) is 40.7 Å². The van der Waals surface area contributed by atoms with Crippen molar-refractivity contribution in [3.8, 4) is 11.3 Å². The first kappa shape index (κ1) is 20.3. The Balaban J connectivity index is 0.00000261. The summed E-state index contributed by atoms with van der Waals surface area (Å²) in [5.74, 6) is -0.157. The van der Waals surface area contributed by atoms with Crippen molar-refractivity contribution in [1.82, 2.24) is 9.38 Å². The Morgan fingerprint density at radius 3 is 2.89 bits per heavy atom. The van der Waals surface area contributed by atoms with Crippen molar-refractivity contribution in [2.75, 3.05) is 0 Å². The van der Waals surface area contributed by atoms with Crippen LogP contribution in [0, 0.1) is 10.1 Å². The Hall–Kier alpha value is -2.98. The second-order valence-corrected chi connectivity index (χ2v) is 6.62. The monoisotopic (exact) mass is 407 g/mol. The van der Waals surface area contributed by atoms with Gasteiger partial charge in [-0.25, -0.2) is 4.98 Å². The molecule has 0 aliphatic heterocycles. The molecule has 3 rings (SSSR count). The van der Waals surface area contributed by atoms with Crippen molar-refractivity contribution >= 4 is 46.6 Å². The van der Waals surface area contributed by atoms with Crippen LogP contribution in [0.2, 0.25) is 0 Å². The molecule has 2 aromatic heterocycles. The lowest BCUT2D eigenvalue weighted by Gasteiger charge is -2.00. The second-order valence-electron chi connectivity index (χ2n) is 5.52. The average Bonchev–Trinajstić information content (AvgIpc) is 3.13. The fourth-order valence-corrected chi connectivity index (χ4v) is 3.61. The maximum absolute atomic E-state index is 11.1. The number of nitro groups is 1. The smallest absolute Gasteiger partial charge is 0.270 e. The minimum Gasteiger partial charge on any atom is -0.369 e. The maximum atomic E-state index is 11.1. The Morgan fingerprint density at radius 1 is 1.44 bits per heavy atom. The van der Waals surface area contributed by atoms with E-state index in [9.17, 15) is 10.1 Å². The summed E-state index contributed by atoms with van der Waals surface area (Å²) in [5.41, 5.74) is 12.5. The summed E-state index contributed by atoms with van der Waals surface area (Å²) >= 11 is 1.57. The third kappa shape index (κ3) is 4.41. The molecule has 0 saturated heterocycles. The molecule has 27 heavy (non-hydrogen) atoms. The van der Waals surface area contributed by atoms with Gasteiger partial charge in [0, 0.05) is 28.8 Å². The Kier molecular flexibility index (Phi) is 6.48. The SMILES string of the molecule is CCCc1cn2c(/C=N/N=C(N)N)c(-c3cccc([N+](=O)[O-])c3)nc2s1.Cl. The van der Waals surface area contributed by atoms with Crippen LogP contribution in [-0.4, -0.2) is 26.5 Å². The summed E-state index contributed by atoms with van der Waals surface area (Å²) < 4.78 is 1.90. The van der Waals surface area contributed by atoms with Crippen LogP contribution >= 0.6 is 23.7 Å². The van der Waals surface area contributed by atoms with Gasteiger partial charge in [0.1, 0.15) is 0 Å². The molecule has 11 heteroatoms. The van der Waals surface area contributed by atoms with E-state index in [1.165, 1.54) is 23.2 Å². The molecule has 3 aromatic rings. The molecule has 0 radical (unpaired) electrons. The highest BCUT2D eigenvalue weighted by Gasteiger charge is 2.17. The van der Waals surface area contributed by atoms with Crippen molar-refractivity contribution in [3.63, 3.8) is 0 Å². The summed E-state index contributed by atoms with van der Waals surface area (Å²) in [7, 11) is 0. The normalized spacial score (nSPS) is 10.9. The molecule has 142 valence electrons. The summed E-state index contributed by atoms with van der Waals surface area (Å²) in [4.78, 5) is 17.2. The van der Waals surface area contributed by atoms with Crippen LogP contribution < -0.4 is 11.5 Å². The Morgan fingerprint density at radius 2 is 2.22 bits per heavy atom. The molecule has 0 amide bonds. The zero-order valence-corrected chi connectivity index (χ0v) is 16.0. The molecule has 0 aliphatic rings. The molecule has 0 aliphatic carbocycles. The number of nitrogens with zero attached hydrogens (tertiary/aromatic N) is 5. The molecular formula is C16H18ClN7O2S. The van der Waals surface area contributed by atoms with E-state index in [2.05, 4.69) is 22.1 Å². The van der Waals surface area contributed by atoms with Gasteiger partial charge in [-0.1, -0.05) is 25.5 Å². The van der Waals surface area contributed by atoms with Gasteiger partial charge >= 0.3 is 0 Å². The van der Waals surface area contributed by atoms with Gasteiger partial charge in [-0.05, 0) is 6.42 Å². The molecule has 0 spiro atoms. The van der Waals surface area contributed by atoms with E-state index in [1.54, 1.807) is 23.5 Å². The van der Waals surface area contributed by atoms with Crippen LogP contribution in [0.5, 0.6) is 0 Å². The van der Waals surface area contributed by atoms with Gasteiger partial charge in [0.25, 0.3) is 5.69 Å². The van der Waals surface area contributed by atoms with Crippen LogP contribution in [0.3, 0.4) is 0 Å². The number of fused-ring (bicyclic) bond motifs is 1. The van der Waals surface area contributed by atoms with Gasteiger partial charge in [0.05, 0.1) is 22.5 Å². The van der Waals surface area contributed by atoms with E-state index in [1.807, 2.05) is 10.6 Å². The van der Waals surface area contributed by atoms with Gasteiger partial charge < -0.3 is 11.5 Å². The zero-order valence-electron chi connectivity index (χ0n) is 14.4. The third-order valence-corrected chi connectivity index (χ3v) is 4.63. The number of imidazole rings is 1. The first-order valence-corrected chi connectivity index (χ1v) is 8.68. The minimum absolute atomic E-state index is 0. The first-order valence-electron chi connectivity index (χ1n) is 7.87. The number of hydrogen-bond acceptors (Lipinski definition) is 6. The lowest BCUT2D eigenvalue weighted by molar-refractivity contribution is -0.384. The number of aromatic nitrogens is 2. The van der Waals surface area contributed by atoms with E-state index in [-0.39, 0.29) is 24.1 Å². The highest BCUT2D eigenvalue weighted by molar-refractivity contribution is 7.17. The van der Waals surface area contributed by atoms with Crippen molar-refractivity contribution in [2.24, 2.45) is 21.7 Å². The molecular weight excluding hydrogens is 390 g/mol. The number of thiazole rings is 1. The van der Waals surface area contributed by atoms with Gasteiger partial charge in [-0.15, -0.1) is 28.8 Å². The number of benzene rings is 1. The van der Waals surface area contributed by atoms with Crippen molar-refractivity contribution < 1.29 is 4.92 Å². The van der Waals surface area contributed by atoms with E-state index in [0.717, 1.165) is 17.8 Å². The number of rotatable bonds is 6. The molecule has 4 N–H and O–H groups in total. The van der Waals surface area contributed by atoms with Gasteiger partial charge in [-0.3, -0.25) is 14.5 Å². The number of hydrogen-bond donors (Lipinski definition) is 2.